The van der Waals surface area contributed by atoms with Crippen LogP contribution in [0.15, 0.2) is 23.8 Å². The van der Waals surface area contributed by atoms with Gasteiger partial charge in [0, 0.05) is 0 Å². The summed E-state index contributed by atoms with van der Waals surface area (Å²) in [6, 6.07) is 7.00. The van der Waals surface area contributed by atoms with Crippen molar-refractivity contribution in [3.05, 3.63) is 29.3 Å². The molecule has 0 atom stereocenters. The van der Waals surface area contributed by atoms with Crippen LogP contribution >= 0.6 is 0 Å². The molecule has 0 spiro atoms. The molecule has 0 N–H and O–H groups in total. The van der Waals surface area contributed by atoms with E-state index in [2.05, 4.69) is 0 Å². The summed E-state index contributed by atoms with van der Waals surface area (Å²) in [5.74, 6) is 0.0552. The molecule has 2 rings (SSSR count). The Morgan fingerprint density at radius 3 is 2.73 bits per heavy atom. The number of nitrogens with zero attached hydrogens (tertiary/aromatic N) is 1. The van der Waals surface area contributed by atoms with Crippen molar-refractivity contribution in [2.45, 2.75) is 13.3 Å². The predicted octanol–water partition coefficient (Wildman–Crippen LogP) is 1.89. The molecule has 1 aromatic rings. The Morgan fingerprint density at radius 2 is 2.05 bits per heavy atom. The number of nitriles is 1. The van der Waals surface area contributed by atoms with E-state index in [4.69, 9.17) is 19.5 Å². The lowest BCUT2D eigenvalue weighted by atomic mass is 10.1. The third-order valence-electron chi connectivity index (χ3n) is 2.92. The SMILES string of the molecule is CC(=O)C(=Cc1ccc2c(c1)OCCO2)C(=O)OCCC#N. The number of fused-ring (bicyclic) bond motifs is 1. The minimum atomic E-state index is -0.738. The monoisotopic (exact) mass is 301 g/mol. The van der Waals surface area contributed by atoms with E-state index in [0.29, 0.717) is 30.3 Å². The van der Waals surface area contributed by atoms with Crippen molar-refractivity contribution in [1.29, 1.82) is 5.26 Å². The third-order valence-corrected chi connectivity index (χ3v) is 2.92. The van der Waals surface area contributed by atoms with Crippen molar-refractivity contribution in [2.75, 3.05) is 19.8 Å². The first kappa shape index (κ1) is 15.6. The van der Waals surface area contributed by atoms with E-state index in [1.807, 2.05) is 6.07 Å². The molecule has 1 aliphatic heterocycles. The van der Waals surface area contributed by atoms with Crippen LogP contribution in [0.2, 0.25) is 0 Å². The number of Topliss-reactive ketones (excluding diaryl/α,β-unsaturated/α-hetero) is 1. The zero-order valence-electron chi connectivity index (χ0n) is 12.1. The predicted molar refractivity (Wildman–Crippen MR) is 77.3 cm³/mol. The molecule has 1 aliphatic rings. The van der Waals surface area contributed by atoms with Gasteiger partial charge in [-0.1, -0.05) is 6.07 Å². The van der Waals surface area contributed by atoms with Crippen LogP contribution in [0.1, 0.15) is 18.9 Å². The fourth-order valence-electron chi connectivity index (χ4n) is 1.89. The lowest BCUT2D eigenvalue weighted by Crippen LogP contribution is -2.15. The molecule has 1 aromatic carbocycles. The van der Waals surface area contributed by atoms with Gasteiger partial charge in [0.25, 0.3) is 0 Å². The van der Waals surface area contributed by atoms with Gasteiger partial charge in [0.05, 0.1) is 12.5 Å². The van der Waals surface area contributed by atoms with E-state index in [0.717, 1.165) is 0 Å². The van der Waals surface area contributed by atoms with E-state index in [1.54, 1.807) is 18.2 Å². The van der Waals surface area contributed by atoms with E-state index in [1.165, 1.54) is 13.0 Å². The van der Waals surface area contributed by atoms with Crippen LogP contribution in [-0.2, 0) is 14.3 Å². The summed E-state index contributed by atoms with van der Waals surface area (Å²) < 4.78 is 15.7. The largest absolute Gasteiger partial charge is 0.486 e. The molecule has 0 aliphatic carbocycles. The summed E-state index contributed by atoms with van der Waals surface area (Å²) in [6.07, 6.45) is 1.52. The molecule has 0 aromatic heterocycles. The van der Waals surface area contributed by atoms with E-state index in [9.17, 15) is 9.59 Å². The second kappa shape index (κ2) is 7.27. The van der Waals surface area contributed by atoms with Crippen molar-refractivity contribution in [2.24, 2.45) is 0 Å². The fraction of sp³-hybridized carbons (Fsp3) is 0.312. The van der Waals surface area contributed by atoms with Crippen molar-refractivity contribution < 1.29 is 23.8 Å². The first-order valence-corrected chi connectivity index (χ1v) is 6.78. The van der Waals surface area contributed by atoms with Crippen LogP contribution in [0.3, 0.4) is 0 Å². The van der Waals surface area contributed by atoms with Gasteiger partial charge in [0.15, 0.2) is 17.3 Å². The molecule has 1 heterocycles. The van der Waals surface area contributed by atoms with Gasteiger partial charge >= 0.3 is 5.97 Å². The average molecular weight is 301 g/mol. The number of hydrogen-bond acceptors (Lipinski definition) is 6. The maximum absolute atomic E-state index is 11.9. The van der Waals surface area contributed by atoms with Crippen molar-refractivity contribution in [3.63, 3.8) is 0 Å². The Morgan fingerprint density at radius 1 is 1.32 bits per heavy atom. The summed E-state index contributed by atoms with van der Waals surface area (Å²) in [6.45, 7) is 2.19. The number of ether oxygens (including phenoxy) is 3. The summed E-state index contributed by atoms with van der Waals surface area (Å²) >= 11 is 0. The first-order valence-electron chi connectivity index (χ1n) is 6.78. The number of benzene rings is 1. The average Bonchev–Trinajstić information content (AvgIpc) is 2.52. The van der Waals surface area contributed by atoms with Gasteiger partial charge in [0.2, 0.25) is 0 Å². The van der Waals surface area contributed by atoms with Crippen LogP contribution in [-0.4, -0.2) is 31.6 Å². The summed E-state index contributed by atoms with van der Waals surface area (Å²) in [7, 11) is 0. The lowest BCUT2D eigenvalue weighted by molar-refractivity contribution is -0.140. The lowest BCUT2D eigenvalue weighted by Gasteiger charge is -2.18. The zero-order valence-corrected chi connectivity index (χ0v) is 12.1. The van der Waals surface area contributed by atoms with Gasteiger partial charge in [-0.25, -0.2) is 4.79 Å². The van der Waals surface area contributed by atoms with E-state index in [-0.39, 0.29) is 18.6 Å². The van der Waals surface area contributed by atoms with Gasteiger partial charge < -0.3 is 14.2 Å². The number of esters is 1. The second-order valence-electron chi connectivity index (χ2n) is 4.56. The molecule has 0 radical (unpaired) electrons. The molecule has 0 saturated carbocycles. The smallest absolute Gasteiger partial charge is 0.341 e. The zero-order chi connectivity index (χ0) is 15.9. The number of rotatable bonds is 5. The highest BCUT2D eigenvalue weighted by Gasteiger charge is 2.17. The number of carbonyl (C=O) groups is 2. The van der Waals surface area contributed by atoms with Crippen LogP contribution in [0.25, 0.3) is 6.08 Å². The Balaban J connectivity index is 2.21. The Kier molecular flexibility index (Phi) is 5.15. The van der Waals surface area contributed by atoms with Crippen LogP contribution in [0.4, 0.5) is 0 Å². The molecule has 0 fully saturated rings. The molecular formula is C16H15NO5. The maximum Gasteiger partial charge on any atom is 0.341 e. The standard InChI is InChI=1S/C16H15NO5/c1-11(18)13(16(19)22-6-2-5-17)9-12-3-4-14-15(10-12)21-8-7-20-14/h3-4,9-10H,2,6-8H2,1H3. The van der Waals surface area contributed by atoms with Crippen molar-refractivity contribution >= 4 is 17.8 Å². The first-order chi connectivity index (χ1) is 10.6. The fourth-order valence-corrected chi connectivity index (χ4v) is 1.89. The Hall–Kier alpha value is -2.81. The number of ketones is 1. The minimum Gasteiger partial charge on any atom is -0.486 e. The molecule has 6 nitrogen and oxygen atoms in total. The highest BCUT2D eigenvalue weighted by molar-refractivity contribution is 6.19. The van der Waals surface area contributed by atoms with Gasteiger partial charge in [-0.05, 0) is 30.7 Å². The molecule has 0 saturated heterocycles. The van der Waals surface area contributed by atoms with Crippen molar-refractivity contribution in [1.82, 2.24) is 0 Å². The van der Waals surface area contributed by atoms with Crippen LogP contribution < -0.4 is 9.47 Å². The van der Waals surface area contributed by atoms with Crippen LogP contribution in [0.5, 0.6) is 11.5 Å². The summed E-state index contributed by atoms with van der Waals surface area (Å²) in [5.41, 5.74) is 0.557. The van der Waals surface area contributed by atoms with Gasteiger partial charge in [-0.2, -0.15) is 5.26 Å². The van der Waals surface area contributed by atoms with Gasteiger partial charge in [-0.3, -0.25) is 4.79 Å². The summed E-state index contributed by atoms with van der Waals surface area (Å²) in [5, 5.41) is 8.43. The Bertz CT molecular complexity index is 657. The molecule has 0 unspecified atom stereocenters. The topological polar surface area (TPSA) is 85.6 Å². The third kappa shape index (κ3) is 3.85. The normalized spacial score (nSPS) is 13.2. The molecular weight excluding hydrogens is 286 g/mol. The highest BCUT2D eigenvalue weighted by Crippen LogP contribution is 2.31. The highest BCUT2D eigenvalue weighted by atomic mass is 16.6. The minimum absolute atomic E-state index is 0.0406. The van der Waals surface area contributed by atoms with Crippen LogP contribution in [0, 0.1) is 11.3 Å². The quantitative estimate of drug-likeness (QED) is 0.271. The maximum atomic E-state index is 11.9. The van der Waals surface area contributed by atoms with Crippen molar-refractivity contribution in [3.8, 4) is 17.6 Å². The molecule has 22 heavy (non-hydrogen) atoms. The van der Waals surface area contributed by atoms with Gasteiger partial charge in [-0.15, -0.1) is 0 Å². The molecule has 6 heteroatoms. The Labute approximate surface area is 127 Å². The number of hydrogen-bond donors (Lipinski definition) is 0. The number of carbonyl (C=O) groups excluding carboxylic acids is 2. The molecule has 0 amide bonds. The van der Waals surface area contributed by atoms with Gasteiger partial charge in [0.1, 0.15) is 25.4 Å². The van der Waals surface area contributed by atoms with E-state index >= 15 is 0 Å². The summed E-state index contributed by atoms with van der Waals surface area (Å²) in [4.78, 5) is 23.5. The van der Waals surface area contributed by atoms with E-state index < -0.39 is 11.8 Å². The second-order valence-corrected chi connectivity index (χ2v) is 4.56. The molecule has 0 bridgehead atoms. The molecule has 114 valence electrons.